The maximum absolute atomic E-state index is 11.9. The summed E-state index contributed by atoms with van der Waals surface area (Å²) in [5.74, 6) is 0.0842. The summed E-state index contributed by atoms with van der Waals surface area (Å²) in [6.07, 6.45) is 2.31. The smallest absolute Gasteiger partial charge is 0.234 e. The van der Waals surface area contributed by atoms with Crippen LogP contribution in [0.1, 0.15) is 31.7 Å². The molecule has 0 atom stereocenters. The molecule has 1 heterocycles. The Morgan fingerprint density at radius 2 is 1.88 bits per heavy atom. The lowest BCUT2D eigenvalue weighted by molar-refractivity contribution is -0.116. The van der Waals surface area contributed by atoms with E-state index in [1.807, 2.05) is 38.1 Å². The third kappa shape index (κ3) is 6.29. The van der Waals surface area contributed by atoms with Crippen LogP contribution in [-0.4, -0.2) is 27.8 Å². The number of nitrogens with one attached hydrogen (secondary N) is 2. The summed E-state index contributed by atoms with van der Waals surface area (Å²) in [6.45, 7) is 4.03. The molecule has 0 radical (unpaired) electrons. The van der Waals surface area contributed by atoms with E-state index in [1.165, 1.54) is 23.1 Å². The second-order valence-corrected chi connectivity index (χ2v) is 7.43. The van der Waals surface area contributed by atoms with Crippen LogP contribution < -0.4 is 10.6 Å². The summed E-state index contributed by atoms with van der Waals surface area (Å²) in [6, 6.07) is 7.63. The summed E-state index contributed by atoms with van der Waals surface area (Å²) in [5, 5.41) is 13.9. The Bertz CT molecular complexity index is 686. The molecule has 0 fully saturated rings. The molecule has 1 aromatic heterocycles. The van der Waals surface area contributed by atoms with E-state index in [4.69, 9.17) is 0 Å². The Balaban J connectivity index is 1.76. The van der Waals surface area contributed by atoms with Crippen molar-refractivity contribution in [1.29, 1.82) is 0 Å². The number of hydrogen-bond acceptors (Lipinski definition) is 6. The minimum Gasteiger partial charge on any atom is -0.325 e. The average Bonchev–Trinajstić information content (AvgIpc) is 3.00. The number of rotatable bonds is 8. The van der Waals surface area contributed by atoms with Crippen LogP contribution in [0.3, 0.4) is 0 Å². The van der Waals surface area contributed by atoms with Crippen LogP contribution >= 0.6 is 23.1 Å². The topological polar surface area (TPSA) is 84.0 Å². The van der Waals surface area contributed by atoms with Crippen molar-refractivity contribution < 1.29 is 9.59 Å². The standard InChI is InChI=1S/C16H20N4O2S2/c1-3-4-5-13(21)18-15-19-20-16(24-15)23-10-14(22)17-12-8-6-11(2)7-9-12/h6-9H,3-5,10H2,1-2H3,(H,17,22)(H,18,19,21). The number of anilines is 2. The van der Waals surface area contributed by atoms with Crippen LogP contribution in [-0.2, 0) is 9.59 Å². The lowest BCUT2D eigenvalue weighted by Gasteiger charge is -2.04. The number of unbranched alkanes of at least 4 members (excludes halogenated alkanes) is 1. The van der Waals surface area contributed by atoms with Crippen molar-refractivity contribution in [1.82, 2.24) is 10.2 Å². The molecule has 6 nitrogen and oxygen atoms in total. The summed E-state index contributed by atoms with van der Waals surface area (Å²) in [7, 11) is 0. The summed E-state index contributed by atoms with van der Waals surface area (Å²) < 4.78 is 0.653. The molecule has 8 heteroatoms. The maximum atomic E-state index is 11.9. The van der Waals surface area contributed by atoms with Gasteiger partial charge in [0.2, 0.25) is 16.9 Å². The highest BCUT2D eigenvalue weighted by Crippen LogP contribution is 2.25. The van der Waals surface area contributed by atoms with Gasteiger partial charge in [-0.2, -0.15) is 0 Å². The normalized spacial score (nSPS) is 10.4. The second-order valence-electron chi connectivity index (χ2n) is 5.23. The van der Waals surface area contributed by atoms with Gasteiger partial charge in [-0.1, -0.05) is 54.1 Å². The average molecular weight is 364 g/mol. The van der Waals surface area contributed by atoms with E-state index in [9.17, 15) is 9.59 Å². The Morgan fingerprint density at radius 3 is 2.58 bits per heavy atom. The molecule has 2 rings (SSSR count). The number of carbonyl (C=O) groups is 2. The van der Waals surface area contributed by atoms with Gasteiger partial charge >= 0.3 is 0 Å². The van der Waals surface area contributed by atoms with Gasteiger partial charge in [0.1, 0.15) is 0 Å². The van der Waals surface area contributed by atoms with Gasteiger partial charge in [0.05, 0.1) is 5.75 Å². The van der Waals surface area contributed by atoms with Crippen molar-refractivity contribution in [3.63, 3.8) is 0 Å². The number of thioether (sulfide) groups is 1. The number of carbonyl (C=O) groups excluding carboxylic acids is 2. The highest BCUT2D eigenvalue weighted by molar-refractivity contribution is 8.01. The maximum Gasteiger partial charge on any atom is 0.234 e. The quantitative estimate of drug-likeness (QED) is 0.551. The first-order chi connectivity index (χ1) is 11.6. The fourth-order valence-electron chi connectivity index (χ4n) is 1.80. The van der Waals surface area contributed by atoms with E-state index in [0.29, 0.717) is 15.9 Å². The van der Waals surface area contributed by atoms with Gasteiger partial charge in [-0.3, -0.25) is 9.59 Å². The van der Waals surface area contributed by atoms with Crippen LogP contribution in [0, 0.1) is 6.92 Å². The molecule has 0 unspecified atom stereocenters. The Hall–Kier alpha value is -1.93. The highest BCUT2D eigenvalue weighted by Gasteiger charge is 2.10. The Kier molecular flexibility index (Phi) is 7.20. The van der Waals surface area contributed by atoms with Crippen molar-refractivity contribution >= 4 is 45.7 Å². The van der Waals surface area contributed by atoms with Gasteiger partial charge in [0, 0.05) is 12.1 Å². The minimum atomic E-state index is -0.104. The van der Waals surface area contributed by atoms with E-state index >= 15 is 0 Å². The summed E-state index contributed by atoms with van der Waals surface area (Å²) in [5.41, 5.74) is 1.91. The van der Waals surface area contributed by atoms with Gasteiger partial charge in [0.25, 0.3) is 0 Å². The van der Waals surface area contributed by atoms with E-state index in [2.05, 4.69) is 20.8 Å². The van der Waals surface area contributed by atoms with Crippen molar-refractivity contribution in [2.75, 3.05) is 16.4 Å². The first-order valence-corrected chi connectivity index (χ1v) is 9.49. The predicted molar refractivity (Wildman–Crippen MR) is 98.6 cm³/mol. The lowest BCUT2D eigenvalue weighted by Crippen LogP contribution is -2.13. The van der Waals surface area contributed by atoms with Crippen LogP contribution in [0.2, 0.25) is 0 Å². The highest BCUT2D eigenvalue weighted by atomic mass is 32.2. The van der Waals surface area contributed by atoms with Crippen molar-refractivity contribution in [2.45, 2.75) is 37.4 Å². The molecule has 0 aliphatic carbocycles. The monoisotopic (exact) mass is 364 g/mol. The molecule has 24 heavy (non-hydrogen) atoms. The Labute approximate surface area is 149 Å². The predicted octanol–water partition coefficient (Wildman–Crippen LogP) is 3.71. The first kappa shape index (κ1) is 18.4. The van der Waals surface area contributed by atoms with E-state index < -0.39 is 0 Å². The number of hydrogen-bond donors (Lipinski definition) is 2. The summed E-state index contributed by atoms with van der Waals surface area (Å²) >= 11 is 2.57. The van der Waals surface area contributed by atoms with Gasteiger partial charge in [-0.25, -0.2) is 0 Å². The van der Waals surface area contributed by atoms with E-state index in [1.54, 1.807) is 0 Å². The fraction of sp³-hybridized carbons (Fsp3) is 0.375. The molecule has 0 saturated heterocycles. The molecule has 0 aliphatic heterocycles. The zero-order valence-electron chi connectivity index (χ0n) is 13.7. The molecule has 0 bridgehead atoms. The second kappa shape index (κ2) is 9.39. The molecule has 1 aromatic carbocycles. The molecule has 0 saturated carbocycles. The number of benzene rings is 1. The number of nitrogens with zero attached hydrogens (tertiary/aromatic N) is 2. The van der Waals surface area contributed by atoms with Crippen molar-refractivity contribution in [3.8, 4) is 0 Å². The van der Waals surface area contributed by atoms with E-state index in [0.717, 1.165) is 24.1 Å². The third-order valence-electron chi connectivity index (χ3n) is 3.07. The Morgan fingerprint density at radius 1 is 1.12 bits per heavy atom. The van der Waals surface area contributed by atoms with Crippen molar-refractivity contribution in [3.05, 3.63) is 29.8 Å². The summed E-state index contributed by atoms with van der Waals surface area (Å²) in [4.78, 5) is 23.6. The molecule has 128 valence electrons. The number of aromatic nitrogens is 2. The number of amides is 2. The molecule has 0 spiro atoms. The molecule has 2 aromatic rings. The molecular formula is C16H20N4O2S2. The molecular weight excluding hydrogens is 344 g/mol. The van der Waals surface area contributed by atoms with Crippen LogP contribution in [0.5, 0.6) is 0 Å². The first-order valence-electron chi connectivity index (χ1n) is 7.69. The van der Waals surface area contributed by atoms with Gasteiger partial charge in [0.15, 0.2) is 4.34 Å². The van der Waals surface area contributed by atoms with Gasteiger partial charge in [-0.05, 0) is 25.5 Å². The lowest BCUT2D eigenvalue weighted by atomic mass is 10.2. The van der Waals surface area contributed by atoms with Crippen LogP contribution in [0.4, 0.5) is 10.8 Å². The zero-order chi connectivity index (χ0) is 17.4. The fourth-order valence-corrected chi connectivity index (χ4v) is 3.37. The van der Waals surface area contributed by atoms with Gasteiger partial charge < -0.3 is 10.6 Å². The van der Waals surface area contributed by atoms with Crippen LogP contribution in [0.25, 0.3) is 0 Å². The van der Waals surface area contributed by atoms with E-state index in [-0.39, 0.29) is 17.6 Å². The zero-order valence-corrected chi connectivity index (χ0v) is 15.3. The molecule has 2 amide bonds. The van der Waals surface area contributed by atoms with Crippen molar-refractivity contribution in [2.24, 2.45) is 0 Å². The molecule has 0 aliphatic rings. The third-order valence-corrected chi connectivity index (χ3v) is 5.04. The SMILES string of the molecule is CCCCC(=O)Nc1nnc(SCC(=O)Nc2ccc(C)cc2)s1. The number of aryl methyl sites for hydroxylation is 1. The minimum absolute atomic E-state index is 0.0540. The largest absolute Gasteiger partial charge is 0.325 e. The van der Waals surface area contributed by atoms with Gasteiger partial charge in [-0.15, -0.1) is 10.2 Å². The molecule has 2 N–H and O–H groups in total. The van der Waals surface area contributed by atoms with Crippen LogP contribution in [0.15, 0.2) is 28.6 Å².